The van der Waals surface area contributed by atoms with E-state index in [1.807, 2.05) is 12.1 Å². The lowest BCUT2D eigenvalue weighted by molar-refractivity contribution is -0.250. The monoisotopic (exact) mass is 543 g/mol. The molecular weight excluding hydrogens is 527 g/mol. The van der Waals surface area contributed by atoms with Crippen LogP contribution in [0.3, 0.4) is 0 Å². The van der Waals surface area contributed by atoms with Gasteiger partial charge in [-0.3, -0.25) is 10.2 Å². The van der Waals surface area contributed by atoms with Crippen LogP contribution in [-0.4, -0.2) is 52.7 Å². The molecule has 0 aliphatic heterocycles. The Hall–Kier alpha value is -4.60. The minimum Gasteiger partial charge on any atom is -0.429 e. The van der Waals surface area contributed by atoms with Crippen LogP contribution in [0.25, 0.3) is 16.9 Å². The van der Waals surface area contributed by atoms with Crippen LogP contribution >= 0.6 is 0 Å². The maximum Gasteiger partial charge on any atom is 0.459 e. The number of nitrogens with zero attached hydrogens (tertiary/aromatic N) is 4. The molecule has 3 N–H and O–H groups in total. The summed E-state index contributed by atoms with van der Waals surface area (Å²) in [4.78, 5) is 12.7. The second kappa shape index (κ2) is 10.0. The van der Waals surface area contributed by atoms with E-state index in [4.69, 9.17) is 5.41 Å². The fourth-order valence-electron chi connectivity index (χ4n) is 3.22. The molecule has 16 heteroatoms. The number of carbonyl (C=O) groups is 1. The van der Waals surface area contributed by atoms with Gasteiger partial charge in [-0.1, -0.05) is 6.07 Å². The van der Waals surface area contributed by atoms with E-state index < -0.39 is 47.4 Å². The maximum atomic E-state index is 13.8. The molecule has 1 aliphatic rings. The molecule has 2 aromatic rings. The second-order valence-electron chi connectivity index (χ2n) is 7.95. The Morgan fingerprint density at radius 2 is 1.87 bits per heavy atom. The van der Waals surface area contributed by atoms with Crippen LogP contribution < -0.4 is 10.6 Å². The van der Waals surface area contributed by atoms with Gasteiger partial charge in [-0.25, -0.2) is 4.68 Å². The number of amides is 1. The Balaban J connectivity index is 2.05. The molecule has 1 aromatic heterocycles. The molecular formula is C22H16F7N7O2. The smallest absolute Gasteiger partial charge is 0.429 e. The largest absolute Gasteiger partial charge is 0.459 e. The van der Waals surface area contributed by atoms with E-state index in [2.05, 4.69) is 20.5 Å². The van der Waals surface area contributed by atoms with Crippen LogP contribution in [0.5, 0.6) is 0 Å². The van der Waals surface area contributed by atoms with E-state index in [9.17, 15) is 46.1 Å². The van der Waals surface area contributed by atoms with Gasteiger partial charge in [-0.05, 0) is 30.5 Å². The Kier molecular flexibility index (Phi) is 7.39. The lowest BCUT2D eigenvalue weighted by atomic mass is 10.0. The van der Waals surface area contributed by atoms with Gasteiger partial charge in [0.2, 0.25) is 0 Å². The molecule has 1 fully saturated rings. The van der Waals surface area contributed by atoms with Gasteiger partial charge in [0.25, 0.3) is 5.91 Å². The molecule has 0 saturated heterocycles. The Bertz CT molecular complexity index is 1380. The highest BCUT2D eigenvalue weighted by molar-refractivity contribution is 6.05. The zero-order valence-corrected chi connectivity index (χ0v) is 19.1. The zero-order valence-electron chi connectivity index (χ0n) is 19.1. The zero-order chi connectivity index (χ0) is 28.5. The number of alkyl halides is 7. The van der Waals surface area contributed by atoms with Crippen molar-refractivity contribution in [3.63, 3.8) is 0 Å². The van der Waals surface area contributed by atoms with Gasteiger partial charge >= 0.3 is 18.7 Å². The third-order valence-electron chi connectivity index (χ3n) is 5.40. The van der Waals surface area contributed by atoms with Gasteiger partial charge in [-0.15, -0.1) is 0 Å². The van der Waals surface area contributed by atoms with Crippen molar-refractivity contribution < 1.29 is 40.3 Å². The summed E-state index contributed by atoms with van der Waals surface area (Å²) in [6, 6.07) is 7.68. The first-order valence-corrected chi connectivity index (χ1v) is 10.4. The van der Waals surface area contributed by atoms with Crippen molar-refractivity contribution in [2.24, 2.45) is 0 Å². The molecule has 1 aliphatic carbocycles. The van der Waals surface area contributed by atoms with Crippen LogP contribution in [0, 0.1) is 28.1 Å². The third kappa shape index (κ3) is 5.39. The van der Waals surface area contributed by atoms with Crippen molar-refractivity contribution in [1.29, 1.82) is 15.9 Å². The second-order valence-corrected chi connectivity index (χ2v) is 7.95. The Morgan fingerprint density at radius 3 is 2.37 bits per heavy atom. The quantitative estimate of drug-likeness (QED) is 0.248. The molecule has 1 aromatic carbocycles. The molecule has 200 valence electrons. The molecule has 1 amide bonds. The number of nitriles is 2. The molecule has 0 radical (unpaired) electrons. The number of hydrogen-bond donors (Lipinski definition) is 3. The SMILES string of the molecule is CN/C(=C(/OC(F)F)C(=N)C(F)(F)C(F)(F)F)n1cc(-c2ccc(C#N)c(C(=O)NC3(C#N)CC3)c2)cn1. The van der Waals surface area contributed by atoms with Crippen molar-refractivity contribution >= 4 is 17.4 Å². The third-order valence-corrected chi connectivity index (χ3v) is 5.40. The molecule has 38 heavy (non-hydrogen) atoms. The van der Waals surface area contributed by atoms with E-state index in [-0.39, 0.29) is 22.3 Å². The number of rotatable bonds is 9. The molecule has 0 unspecified atom stereocenters. The number of halogens is 7. The Labute approximate surface area is 209 Å². The first-order valence-electron chi connectivity index (χ1n) is 10.4. The van der Waals surface area contributed by atoms with Crippen molar-refractivity contribution in [2.45, 2.75) is 37.1 Å². The van der Waals surface area contributed by atoms with Crippen molar-refractivity contribution in [3.05, 3.63) is 47.5 Å². The van der Waals surface area contributed by atoms with E-state index in [0.717, 1.165) is 19.4 Å². The minimum atomic E-state index is -6.28. The summed E-state index contributed by atoms with van der Waals surface area (Å²) in [7, 11) is 0.984. The summed E-state index contributed by atoms with van der Waals surface area (Å²) < 4.78 is 96.3. The van der Waals surface area contributed by atoms with E-state index >= 15 is 0 Å². The van der Waals surface area contributed by atoms with Crippen LogP contribution in [0.1, 0.15) is 28.8 Å². The van der Waals surface area contributed by atoms with Crippen molar-refractivity contribution in [3.8, 4) is 23.3 Å². The average Bonchev–Trinajstić information content (AvgIpc) is 3.46. The standard InChI is InChI=1S/C22H16F7N7O2/c1-33-17(15(38-19(23)24)16(32)21(25,26)22(27,28)29)36-9-13(8-34-36)11-2-3-12(7-30)14(6-11)18(37)35-20(10-31)4-5-20/h2-3,6,8-9,19,32-33H,4-5H2,1H3,(H,35,37)/b17-15-,32-16?. The normalized spacial score (nSPS) is 15.1. The topological polar surface area (TPSA) is 140 Å². The molecule has 0 bridgehead atoms. The van der Waals surface area contributed by atoms with Gasteiger partial charge in [0.05, 0.1) is 29.5 Å². The van der Waals surface area contributed by atoms with E-state index in [1.54, 1.807) is 0 Å². The summed E-state index contributed by atoms with van der Waals surface area (Å²) in [5.41, 5.74) is -3.46. The minimum absolute atomic E-state index is 0.0429. The predicted octanol–water partition coefficient (Wildman–Crippen LogP) is 4.01. The number of hydrogen-bond acceptors (Lipinski definition) is 7. The summed E-state index contributed by atoms with van der Waals surface area (Å²) in [6.45, 7) is -3.87. The van der Waals surface area contributed by atoms with Crippen LogP contribution in [0.15, 0.2) is 36.4 Å². The number of aromatic nitrogens is 2. The summed E-state index contributed by atoms with van der Waals surface area (Å²) in [6.07, 6.45) is -3.36. The summed E-state index contributed by atoms with van der Waals surface area (Å²) >= 11 is 0. The van der Waals surface area contributed by atoms with Crippen LogP contribution in [-0.2, 0) is 4.74 Å². The number of allylic oxidation sites excluding steroid dienone is 1. The molecule has 3 rings (SSSR count). The summed E-state index contributed by atoms with van der Waals surface area (Å²) in [5.74, 6) is -9.32. The number of carbonyl (C=O) groups excluding carboxylic acids is 1. The predicted molar refractivity (Wildman–Crippen MR) is 116 cm³/mol. The molecule has 9 nitrogen and oxygen atoms in total. The highest BCUT2D eigenvalue weighted by atomic mass is 19.4. The fourth-order valence-corrected chi connectivity index (χ4v) is 3.22. The van der Waals surface area contributed by atoms with Crippen molar-refractivity contribution in [2.75, 3.05) is 7.05 Å². The fraction of sp³-hybridized carbons (Fsp3) is 0.318. The van der Waals surface area contributed by atoms with Gasteiger partial charge in [0.1, 0.15) is 5.54 Å². The van der Waals surface area contributed by atoms with Gasteiger partial charge in [0.15, 0.2) is 17.3 Å². The molecule has 0 spiro atoms. The molecule has 1 saturated carbocycles. The molecule has 1 heterocycles. The number of ether oxygens (including phenoxy) is 1. The van der Waals surface area contributed by atoms with E-state index in [1.165, 1.54) is 18.2 Å². The first kappa shape index (κ1) is 28.0. The van der Waals surface area contributed by atoms with Crippen LogP contribution in [0.2, 0.25) is 0 Å². The highest BCUT2D eigenvalue weighted by Crippen LogP contribution is 2.39. The lowest BCUT2D eigenvalue weighted by Crippen LogP contribution is -2.45. The van der Waals surface area contributed by atoms with Gasteiger partial charge < -0.3 is 15.4 Å². The van der Waals surface area contributed by atoms with Crippen LogP contribution in [0.4, 0.5) is 30.7 Å². The highest BCUT2D eigenvalue weighted by Gasteiger charge is 2.62. The number of nitrogens with one attached hydrogen (secondary N) is 3. The number of benzene rings is 1. The summed E-state index contributed by atoms with van der Waals surface area (Å²) in [5, 5.41) is 34.3. The average molecular weight is 543 g/mol. The lowest BCUT2D eigenvalue weighted by Gasteiger charge is -2.23. The van der Waals surface area contributed by atoms with Crippen molar-refractivity contribution in [1.82, 2.24) is 20.4 Å². The molecule has 0 atom stereocenters. The Morgan fingerprint density at radius 1 is 1.21 bits per heavy atom. The van der Waals surface area contributed by atoms with Gasteiger partial charge in [0, 0.05) is 18.8 Å². The maximum absolute atomic E-state index is 13.8. The first-order chi connectivity index (χ1) is 17.7. The van der Waals surface area contributed by atoms with E-state index in [0.29, 0.717) is 17.5 Å². The van der Waals surface area contributed by atoms with Gasteiger partial charge in [-0.2, -0.15) is 46.4 Å².